The Morgan fingerprint density at radius 1 is 1.17 bits per heavy atom. The number of benzene rings is 2. The number of pyridine rings is 1. The number of hydrogen-bond acceptors (Lipinski definition) is 4. The lowest BCUT2D eigenvalue weighted by Gasteiger charge is -2.13. The van der Waals surface area contributed by atoms with Crippen molar-refractivity contribution in [2.75, 3.05) is 12.4 Å². The highest BCUT2D eigenvalue weighted by Gasteiger charge is 2.14. The summed E-state index contributed by atoms with van der Waals surface area (Å²) in [4.78, 5) is 16.0. The van der Waals surface area contributed by atoms with E-state index in [0.29, 0.717) is 27.3 Å². The number of aromatic nitrogens is 1. The highest BCUT2D eigenvalue weighted by atomic mass is 35.5. The van der Waals surface area contributed by atoms with Gasteiger partial charge in [-0.05, 0) is 48.9 Å². The standard InChI is InChI=1S/C18H14ClFN2O2/c1-10-3-5-15(13(19)7-10)22-16-9-17(18(23)24-2)21-14-6-4-11(20)8-12(14)16/h3-9H,1-2H3,(H,21,22). The summed E-state index contributed by atoms with van der Waals surface area (Å²) in [5.74, 6) is -0.965. The van der Waals surface area contributed by atoms with Crippen LogP contribution in [0, 0.1) is 12.7 Å². The van der Waals surface area contributed by atoms with Gasteiger partial charge in [0.25, 0.3) is 0 Å². The molecule has 0 aliphatic rings. The van der Waals surface area contributed by atoms with Crippen LogP contribution in [-0.2, 0) is 4.74 Å². The number of rotatable bonds is 3. The van der Waals surface area contributed by atoms with E-state index in [9.17, 15) is 9.18 Å². The number of aryl methyl sites for hydroxylation is 1. The number of anilines is 2. The van der Waals surface area contributed by atoms with E-state index in [0.717, 1.165) is 5.56 Å². The van der Waals surface area contributed by atoms with Crippen LogP contribution in [0.4, 0.5) is 15.8 Å². The van der Waals surface area contributed by atoms with E-state index in [1.165, 1.54) is 31.4 Å². The van der Waals surface area contributed by atoms with E-state index in [1.807, 2.05) is 25.1 Å². The van der Waals surface area contributed by atoms with Crippen molar-refractivity contribution in [3.8, 4) is 0 Å². The Bertz CT molecular complexity index is 944. The first-order valence-electron chi connectivity index (χ1n) is 7.20. The topological polar surface area (TPSA) is 51.2 Å². The van der Waals surface area contributed by atoms with Crippen LogP contribution in [0.2, 0.25) is 5.02 Å². The second-order valence-corrected chi connectivity index (χ2v) is 5.72. The number of methoxy groups -OCH3 is 1. The van der Waals surface area contributed by atoms with Gasteiger partial charge in [0.15, 0.2) is 5.69 Å². The average molecular weight is 345 g/mol. The molecule has 1 heterocycles. The summed E-state index contributed by atoms with van der Waals surface area (Å²) in [7, 11) is 1.28. The van der Waals surface area contributed by atoms with Crippen molar-refractivity contribution in [2.24, 2.45) is 0 Å². The number of nitrogens with zero attached hydrogens (tertiary/aromatic N) is 1. The molecule has 0 saturated carbocycles. The third kappa shape index (κ3) is 3.16. The molecular weight excluding hydrogens is 331 g/mol. The van der Waals surface area contributed by atoms with Crippen LogP contribution in [0.25, 0.3) is 10.9 Å². The minimum Gasteiger partial charge on any atom is -0.464 e. The molecule has 0 aliphatic carbocycles. The van der Waals surface area contributed by atoms with Crippen LogP contribution < -0.4 is 5.32 Å². The molecule has 1 N–H and O–H groups in total. The molecule has 1 aromatic heterocycles. The third-order valence-corrected chi connectivity index (χ3v) is 3.87. The van der Waals surface area contributed by atoms with Gasteiger partial charge in [-0.2, -0.15) is 0 Å². The zero-order valence-corrected chi connectivity index (χ0v) is 13.8. The van der Waals surface area contributed by atoms with Crippen LogP contribution in [-0.4, -0.2) is 18.1 Å². The van der Waals surface area contributed by atoms with Crippen LogP contribution in [0.15, 0.2) is 42.5 Å². The lowest BCUT2D eigenvalue weighted by atomic mass is 10.1. The first-order valence-corrected chi connectivity index (χ1v) is 7.57. The molecule has 0 bridgehead atoms. The summed E-state index contributed by atoms with van der Waals surface area (Å²) < 4.78 is 18.4. The fraction of sp³-hybridized carbons (Fsp3) is 0.111. The van der Waals surface area contributed by atoms with Crippen LogP contribution >= 0.6 is 11.6 Å². The van der Waals surface area contributed by atoms with Gasteiger partial charge in [-0.3, -0.25) is 0 Å². The monoisotopic (exact) mass is 344 g/mol. The molecule has 3 rings (SSSR count). The van der Waals surface area contributed by atoms with Gasteiger partial charge in [-0.1, -0.05) is 17.7 Å². The molecule has 4 nitrogen and oxygen atoms in total. The minimum absolute atomic E-state index is 0.127. The fourth-order valence-corrected chi connectivity index (χ4v) is 2.66. The van der Waals surface area contributed by atoms with Crippen LogP contribution in [0.1, 0.15) is 16.1 Å². The summed E-state index contributed by atoms with van der Waals surface area (Å²) in [6.07, 6.45) is 0. The molecule has 122 valence electrons. The number of fused-ring (bicyclic) bond motifs is 1. The lowest BCUT2D eigenvalue weighted by molar-refractivity contribution is 0.0594. The number of halogens is 2. The zero-order chi connectivity index (χ0) is 17.3. The quantitative estimate of drug-likeness (QED) is 0.689. The Kier molecular flexibility index (Phi) is 4.36. The maximum Gasteiger partial charge on any atom is 0.356 e. The second kappa shape index (κ2) is 6.45. The largest absolute Gasteiger partial charge is 0.464 e. The Hall–Kier alpha value is -2.66. The molecule has 0 unspecified atom stereocenters. The summed E-state index contributed by atoms with van der Waals surface area (Å²) in [5, 5.41) is 4.21. The predicted molar refractivity (Wildman–Crippen MR) is 92.5 cm³/mol. The number of carbonyl (C=O) groups excluding carboxylic acids is 1. The molecule has 0 saturated heterocycles. The zero-order valence-electron chi connectivity index (χ0n) is 13.1. The van der Waals surface area contributed by atoms with E-state index >= 15 is 0 Å². The Labute approximate surface area is 143 Å². The lowest BCUT2D eigenvalue weighted by Crippen LogP contribution is -2.06. The van der Waals surface area contributed by atoms with Gasteiger partial charge in [0, 0.05) is 5.39 Å². The Morgan fingerprint density at radius 3 is 2.67 bits per heavy atom. The molecule has 6 heteroatoms. The summed E-state index contributed by atoms with van der Waals surface area (Å²) in [6.45, 7) is 1.93. The van der Waals surface area contributed by atoms with E-state index in [-0.39, 0.29) is 5.69 Å². The molecule has 0 fully saturated rings. The number of esters is 1. The van der Waals surface area contributed by atoms with Gasteiger partial charge in [0.1, 0.15) is 5.82 Å². The van der Waals surface area contributed by atoms with Gasteiger partial charge in [0.2, 0.25) is 0 Å². The van der Waals surface area contributed by atoms with E-state index in [4.69, 9.17) is 16.3 Å². The van der Waals surface area contributed by atoms with Crippen molar-refractivity contribution < 1.29 is 13.9 Å². The molecule has 2 aromatic carbocycles. The van der Waals surface area contributed by atoms with Crippen molar-refractivity contribution in [2.45, 2.75) is 6.92 Å². The number of hydrogen-bond donors (Lipinski definition) is 1. The molecule has 0 spiro atoms. The number of carbonyl (C=O) groups is 1. The maximum absolute atomic E-state index is 13.6. The molecule has 3 aromatic rings. The van der Waals surface area contributed by atoms with Gasteiger partial charge in [0.05, 0.1) is 29.0 Å². The molecule has 0 amide bonds. The van der Waals surface area contributed by atoms with Crippen molar-refractivity contribution in [3.05, 3.63) is 64.6 Å². The van der Waals surface area contributed by atoms with Crippen LogP contribution in [0.5, 0.6) is 0 Å². The summed E-state index contributed by atoms with van der Waals surface area (Å²) >= 11 is 6.25. The number of nitrogens with one attached hydrogen (secondary N) is 1. The minimum atomic E-state index is -0.570. The Balaban J connectivity index is 2.16. The van der Waals surface area contributed by atoms with Gasteiger partial charge in [-0.15, -0.1) is 0 Å². The third-order valence-electron chi connectivity index (χ3n) is 3.56. The maximum atomic E-state index is 13.6. The first-order chi connectivity index (χ1) is 11.5. The van der Waals surface area contributed by atoms with Crippen molar-refractivity contribution >= 4 is 39.8 Å². The normalized spacial score (nSPS) is 10.7. The fourth-order valence-electron chi connectivity index (χ4n) is 2.38. The second-order valence-electron chi connectivity index (χ2n) is 5.32. The molecular formula is C18H14ClFN2O2. The van der Waals surface area contributed by atoms with E-state index in [2.05, 4.69) is 10.3 Å². The molecule has 24 heavy (non-hydrogen) atoms. The van der Waals surface area contributed by atoms with Crippen LogP contribution in [0.3, 0.4) is 0 Å². The van der Waals surface area contributed by atoms with Crippen molar-refractivity contribution in [3.63, 3.8) is 0 Å². The van der Waals surface area contributed by atoms with Crippen molar-refractivity contribution in [1.82, 2.24) is 4.98 Å². The predicted octanol–water partition coefficient (Wildman–Crippen LogP) is 4.87. The van der Waals surface area contributed by atoms with Crippen molar-refractivity contribution in [1.29, 1.82) is 0 Å². The molecule has 0 radical (unpaired) electrons. The smallest absolute Gasteiger partial charge is 0.356 e. The first kappa shape index (κ1) is 16.2. The highest BCUT2D eigenvalue weighted by Crippen LogP contribution is 2.31. The summed E-state index contributed by atoms with van der Waals surface area (Å²) in [5.41, 5.74) is 2.79. The van der Waals surface area contributed by atoms with E-state index in [1.54, 1.807) is 0 Å². The highest BCUT2D eigenvalue weighted by molar-refractivity contribution is 6.33. The SMILES string of the molecule is COC(=O)c1cc(Nc2ccc(C)cc2Cl)c2cc(F)ccc2n1. The van der Waals surface area contributed by atoms with Gasteiger partial charge in [-0.25, -0.2) is 14.2 Å². The van der Waals surface area contributed by atoms with Gasteiger partial charge >= 0.3 is 5.97 Å². The molecule has 0 aliphatic heterocycles. The van der Waals surface area contributed by atoms with Gasteiger partial charge < -0.3 is 10.1 Å². The molecule has 0 atom stereocenters. The summed E-state index contributed by atoms with van der Waals surface area (Å²) in [6, 6.07) is 11.2. The average Bonchev–Trinajstić information content (AvgIpc) is 2.56. The van der Waals surface area contributed by atoms with E-state index < -0.39 is 11.8 Å². The Morgan fingerprint density at radius 2 is 1.96 bits per heavy atom. The number of ether oxygens (including phenoxy) is 1.